The van der Waals surface area contributed by atoms with E-state index in [-0.39, 0.29) is 11.4 Å². The van der Waals surface area contributed by atoms with Gasteiger partial charge >= 0.3 is 0 Å². The summed E-state index contributed by atoms with van der Waals surface area (Å²) in [6, 6.07) is 12.9. The third-order valence-corrected chi connectivity index (χ3v) is 5.03. The Morgan fingerprint density at radius 3 is 2.74 bits per heavy atom. The largest absolute Gasteiger partial charge is 0.294 e. The number of fused-ring (bicyclic) bond motifs is 3. The molecule has 0 aliphatic rings. The quantitative estimate of drug-likeness (QED) is 0.556. The Bertz CT molecular complexity index is 1080. The van der Waals surface area contributed by atoms with Crippen LogP contribution in [-0.2, 0) is 6.54 Å². The van der Waals surface area contributed by atoms with Crippen LogP contribution in [0.2, 0.25) is 0 Å². The number of thiophene rings is 1. The van der Waals surface area contributed by atoms with Crippen molar-refractivity contribution >= 4 is 31.6 Å². The van der Waals surface area contributed by atoms with Crippen LogP contribution in [0, 0.1) is 12.7 Å². The molecule has 4 rings (SSSR count). The molecular weight excluding hydrogens is 311 g/mol. The minimum Gasteiger partial charge on any atom is -0.294 e. The zero-order valence-electron chi connectivity index (χ0n) is 12.4. The summed E-state index contributed by atoms with van der Waals surface area (Å²) in [5.41, 5.74) is 2.53. The molecule has 23 heavy (non-hydrogen) atoms. The van der Waals surface area contributed by atoms with Crippen LogP contribution in [0.5, 0.6) is 0 Å². The summed E-state index contributed by atoms with van der Waals surface area (Å²) in [5.74, 6) is -0.336. The third kappa shape index (κ3) is 2.33. The lowest BCUT2D eigenvalue weighted by Crippen LogP contribution is -2.20. The van der Waals surface area contributed by atoms with Crippen LogP contribution in [-0.4, -0.2) is 9.55 Å². The van der Waals surface area contributed by atoms with Crippen molar-refractivity contribution in [3.8, 4) is 0 Å². The van der Waals surface area contributed by atoms with E-state index in [2.05, 4.69) is 4.98 Å². The van der Waals surface area contributed by atoms with Crippen LogP contribution >= 0.6 is 11.3 Å². The monoisotopic (exact) mass is 324 g/mol. The average molecular weight is 324 g/mol. The molecular formula is C18H13FN2OS. The minimum atomic E-state index is -0.336. The van der Waals surface area contributed by atoms with E-state index in [4.69, 9.17) is 0 Å². The van der Waals surface area contributed by atoms with Gasteiger partial charge < -0.3 is 0 Å². The Labute approximate surface area is 135 Å². The first-order chi connectivity index (χ1) is 11.1. The second-order valence-corrected chi connectivity index (χ2v) is 6.61. The highest BCUT2D eigenvalue weighted by Crippen LogP contribution is 2.31. The Morgan fingerprint density at radius 1 is 1.17 bits per heavy atom. The summed E-state index contributed by atoms with van der Waals surface area (Å²) in [6.07, 6.45) is 1.50. The summed E-state index contributed by atoms with van der Waals surface area (Å²) in [7, 11) is 0. The van der Waals surface area contributed by atoms with Crippen molar-refractivity contribution < 1.29 is 4.39 Å². The average Bonchev–Trinajstić information content (AvgIpc) is 2.93. The van der Waals surface area contributed by atoms with E-state index in [1.54, 1.807) is 10.6 Å². The zero-order valence-corrected chi connectivity index (χ0v) is 13.2. The van der Waals surface area contributed by atoms with Crippen LogP contribution < -0.4 is 5.56 Å². The maximum Gasteiger partial charge on any atom is 0.271 e. The molecule has 2 aromatic carbocycles. The van der Waals surface area contributed by atoms with Gasteiger partial charge in [0.1, 0.15) is 10.5 Å². The van der Waals surface area contributed by atoms with Crippen LogP contribution in [0.1, 0.15) is 11.1 Å². The van der Waals surface area contributed by atoms with Crippen LogP contribution in [0.4, 0.5) is 4.39 Å². The second-order valence-electron chi connectivity index (χ2n) is 5.56. The smallest absolute Gasteiger partial charge is 0.271 e. The summed E-state index contributed by atoms with van der Waals surface area (Å²) < 4.78 is 16.8. The highest BCUT2D eigenvalue weighted by Gasteiger charge is 2.14. The predicted molar refractivity (Wildman–Crippen MR) is 91.6 cm³/mol. The molecule has 0 N–H and O–H groups in total. The number of halogens is 1. The van der Waals surface area contributed by atoms with Crippen molar-refractivity contribution in [1.29, 1.82) is 0 Å². The summed E-state index contributed by atoms with van der Waals surface area (Å²) in [5, 5.41) is 0.437. The van der Waals surface area contributed by atoms with Gasteiger partial charge in [-0.15, -0.1) is 11.3 Å². The summed E-state index contributed by atoms with van der Waals surface area (Å²) >= 11 is 1.29. The molecule has 0 aliphatic carbocycles. The van der Waals surface area contributed by atoms with Crippen molar-refractivity contribution in [3.05, 3.63) is 76.1 Å². The first kappa shape index (κ1) is 14.1. The maximum absolute atomic E-state index is 14.0. The first-order valence-corrected chi connectivity index (χ1v) is 8.07. The van der Waals surface area contributed by atoms with Crippen molar-refractivity contribution in [2.75, 3.05) is 0 Å². The molecule has 2 heterocycles. The number of aryl methyl sites for hydroxylation is 1. The molecule has 4 aromatic rings. The molecule has 0 unspecified atom stereocenters. The standard InChI is InChI=1S/C18H13FN2OS/c1-11-5-7-12(8-6-11)9-21-10-20-16-15-13(19)3-2-4-14(15)23-17(16)18(21)22/h2-8,10H,9H2,1H3. The van der Waals surface area contributed by atoms with Gasteiger partial charge in [-0.3, -0.25) is 9.36 Å². The normalized spacial score (nSPS) is 11.4. The number of aromatic nitrogens is 2. The van der Waals surface area contributed by atoms with Gasteiger partial charge in [-0.1, -0.05) is 35.9 Å². The molecule has 0 saturated carbocycles. The number of benzene rings is 2. The molecule has 0 radical (unpaired) electrons. The zero-order chi connectivity index (χ0) is 16.0. The highest BCUT2D eigenvalue weighted by molar-refractivity contribution is 7.25. The van der Waals surface area contributed by atoms with Crippen LogP contribution in [0.25, 0.3) is 20.3 Å². The SMILES string of the molecule is Cc1ccc(Cn2cnc3c(sc4cccc(F)c43)c2=O)cc1. The number of hydrogen-bond acceptors (Lipinski definition) is 3. The lowest BCUT2D eigenvalue weighted by atomic mass is 10.1. The Kier molecular flexibility index (Phi) is 3.23. The van der Waals surface area contributed by atoms with Crippen molar-refractivity contribution in [1.82, 2.24) is 9.55 Å². The summed E-state index contributed by atoms with van der Waals surface area (Å²) in [4.78, 5) is 17.0. The van der Waals surface area contributed by atoms with Gasteiger partial charge in [0.15, 0.2) is 0 Å². The van der Waals surface area contributed by atoms with Crippen molar-refractivity contribution in [2.24, 2.45) is 0 Å². The fourth-order valence-electron chi connectivity index (χ4n) is 2.67. The molecule has 0 fully saturated rings. The second kappa shape index (κ2) is 5.28. The van der Waals surface area contributed by atoms with Gasteiger partial charge in [-0.25, -0.2) is 9.37 Å². The summed E-state index contributed by atoms with van der Waals surface area (Å²) in [6.45, 7) is 2.48. The lowest BCUT2D eigenvalue weighted by molar-refractivity contribution is 0.640. The van der Waals surface area contributed by atoms with E-state index in [1.165, 1.54) is 29.3 Å². The van der Waals surface area contributed by atoms with E-state index >= 15 is 0 Å². The van der Waals surface area contributed by atoms with E-state index in [0.717, 1.165) is 10.3 Å². The third-order valence-electron chi connectivity index (χ3n) is 3.89. The highest BCUT2D eigenvalue weighted by atomic mass is 32.1. The van der Waals surface area contributed by atoms with Gasteiger partial charge in [0.2, 0.25) is 0 Å². The van der Waals surface area contributed by atoms with Gasteiger partial charge in [0.05, 0.1) is 23.8 Å². The fraction of sp³-hybridized carbons (Fsp3) is 0.111. The molecule has 5 heteroatoms. The van der Waals surface area contributed by atoms with Gasteiger partial charge in [0.25, 0.3) is 5.56 Å². The minimum absolute atomic E-state index is 0.129. The molecule has 0 spiro atoms. The molecule has 0 saturated heterocycles. The van der Waals surface area contributed by atoms with Gasteiger partial charge in [0, 0.05) is 4.70 Å². The van der Waals surface area contributed by atoms with E-state index < -0.39 is 0 Å². The number of nitrogens with zero attached hydrogens (tertiary/aromatic N) is 2. The molecule has 114 valence electrons. The van der Waals surface area contributed by atoms with Gasteiger partial charge in [-0.2, -0.15) is 0 Å². The van der Waals surface area contributed by atoms with Crippen molar-refractivity contribution in [3.63, 3.8) is 0 Å². The molecule has 0 amide bonds. The molecule has 2 aromatic heterocycles. The molecule has 3 nitrogen and oxygen atoms in total. The number of hydrogen-bond donors (Lipinski definition) is 0. The maximum atomic E-state index is 14.0. The first-order valence-electron chi connectivity index (χ1n) is 7.25. The Morgan fingerprint density at radius 2 is 1.96 bits per heavy atom. The lowest BCUT2D eigenvalue weighted by Gasteiger charge is -2.05. The van der Waals surface area contributed by atoms with Crippen LogP contribution in [0.15, 0.2) is 53.6 Å². The van der Waals surface area contributed by atoms with E-state index in [1.807, 2.05) is 37.3 Å². The van der Waals surface area contributed by atoms with Crippen molar-refractivity contribution in [2.45, 2.75) is 13.5 Å². The topological polar surface area (TPSA) is 34.9 Å². The molecule has 0 aliphatic heterocycles. The fourth-order valence-corrected chi connectivity index (χ4v) is 3.79. The van der Waals surface area contributed by atoms with Crippen LogP contribution in [0.3, 0.4) is 0 Å². The van der Waals surface area contributed by atoms with E-state index in [9.17, 15) is 9.18 Å². The molecule has 0 atom stereocenters. The Balaban J connectivity index is 1.88. The molecule has 0 bridgehead atoms. The Hall–Kier alpha value is -2.53. The number of rotatable bonds is 2. The predicted octanol–water partition coefficient (Wildman–Crippen LogP) is 4.11. The van der Waals surface area contributed by atoms with Gasteiger partial charge in [-0.05, 0) is 24.6 Å². The van der Waals surface area contributed by atoms with E-state index in [0.29, 0.717) is 22.1 Å².